The topological polar surface area (TPSA) is 37.3 Å². The molecule has 1 aliphatic heterocycles. The van der Waals surface area contributed by atoms with Crippen molar-refractivity contribution < 1.29 is 8.76 Å². The Bertz CT molecular complexity index is 469. The molecule has 2 rings (SSSR count). The van der Waals surface area contributed by atoms with E-state index in [0.29, 0.717) is 16.2 Å². The molecular weight excluding hydrogens is 220 g/mol. The quantitative estimate of drug-likeness (QED) is 0.754. The Labute approximate surface area is 97.6 Å². The standard InChI is InChI=1S/C11H14O2S.C2H6/c1-9-7-8-10-5-3-4-6-11(10)14(9,2,12)13;1-2/h3-6H,1,7-8H2,2H3,(H,12,13);1-2H3. The van der Waals surface area contributed by atoms with Crippen molar-refractivity contribution in [3.63, 3.8) is 0 Å². The summed E-state index contributed by atoms with van der Waals surface area (Å²) in [4.78, 5) is 1.02. The molecule has 0 radical (unpaired) electrons. The average molecular weight is 240 g/mol. The summed E-state index contributed by atoms with van der Waals surface area (Å²) in [6, 6.07) is 7.34. The highest BCUT2D eigenvalue weighted by molar-refractivity contribution is 8.18. The molecule has 1 aromatic rings. The minimum absolute atomic E-state index is 0.459. The van der Waals surface area contributed by atoms with Crippen molar-refractivity contribution >= 4 is 9.35 Å². The van der Waals surface area contributed by atoms with E-state index in [9.17, 15) is 8.76 Å². The van der Waals surface area contributed by atoms with E-state index in [2.05, 4.69) is 6.58 Å². The molecule has 16 heavy (non-hydrogen) atoms. The van der Waals surface area contributed by atoms with Crippen LogP contribution in [0.2, 0.25) is 0 Å². The molecule has 1 heterocycles. The first-order valence-corrected chi connectivity index (χ1v) is 7.89. The summed E-state index contributed by atoms with van der Waals surface area (Å²) >= 11 is 0. The van der Waals surface area contributed by atoms with Gasteiger partial charge in [0.1, 0.15) is 0 Å². The second-order valence-corrected chi connectivity index (χ2v) is 7.51. The Hall–Kier alpha value is -0.930. The molecule has 0 saturated carbocycles. The number of rotatable bonds is 0. The SMILES string of the molecule is C=C1CCc2ccccc2S1(C)(=O)O.CC. The van der Waals surface area contributed by atoms with Crippen molar-refractivity contribution in [1.82, 2.24) is 0 Å². The molecule has 0 unspecified atom stereocenters. The van der Waals surface area contributed by atoms with Gasteiger partial charge in [-0.15, -0.1) is 9.35 Å². The van der Waals surface area contributed by atoms with Crippen molar-refractivity contribution in [3.8, 4) is 0 Å². The third-order valence-corrected chi connectivity index (χ3v) is 5.84. The summed E-state index contributed by atoms with van der Waals surface area (Å²) in [5.41, 5.74) is 0.974. The number of hydrogen-bond acceptors (Lipinski definition) is 1. The number of hydrogen-bond donors (Lipinski definition) is 1. The van der Waals surface area contributed by atoms with Gasteiger partial charge in [-0.25, -0.2) is 0 Å². The molecule has 0 amide bonds. The molecule has 0 saturated heterocycles. The molecule has 1 aliphatic rings. The van der Waals surface area contributed by atoms with Crippen LogP contribution in [0.5, 0.6) is 0 Å². The fourth-order valence-corrected chi connectivity index (χ4v) is 3.93. The molecule has 0 atom stereocenters. The first-order chi connectivity index (χ1) is 7.40. The van der Waals surface area contributed by atoms with Gasteiger partial charge in [0.15, 0.2) is 0 Å². The molecule has 0 spiro atoms. The van der Waals surface area contributed by atoms with Crippen LogP contribution >= 0.6 is 0 Å². The minimum atomic E-state index is -3.77. The van der Waals surface area contributed by atoms with Gasteiger partial charge in [0.25, 0.3) is 0 Å². The molecule has 2 nitrogen and oxygen atoms in total. The highest BCUT2D eigenvalue weighted by Crippen LogP contribution is 2.44. The van der Waals surface area contributed by atoms with Crippen LogP contribution in [0.1, 0.15) is 25.8 Å². The predicted molar refractivity (Wildman–Crippen MR) is 70.2 cm³/mol. The molecular formula is C13H20O2S. The van der Waals surface area contributed by atoms with E-state index in [-0.39, 0.29) is 0 Å². The molecule has 3 heteroatoms. The van der Waals surface area contributed by atoms with Gasteiger partial charge in [-0.1, -0.05) is 38.6 Å². The molecule has 0 bridgehead atoms. The van der Waals surface area contributed by atoms with E-state index < -0.39 is 9.35 Å². The molecule has 0 aliphatic carbocycles. The highest BCUT2D eigenvalue weighted by atomic mass is 32.3. The normalized spacial score (nSPS) is 23.0. The number of aryl methyl sites for hydroxylation is 1. The molecule has 1 N–H and O–H groups in total. The predicted octanol–water partition coefficient (Wildman–Crippen LogP) is 3.45. The first-order valence-electron chi connectivity index (χ1n) is 5.55. The second kappa shape index (κ2) is 4.15. The maximum Gasteiger partial charge on any atom is 0.0616 e. The fourth-order valence-electron chi connectivity index (χ4n) is 1.85. The van der Waals surface area contributed by atoms with Crippen molar-refractivity contribution in [2.75, 3.05) is 6.26 Å². The molecule has 0 fully saturated rings. The summed E-state index contributed by atoms with van der Waals surface area (Å²) in [5, 5.41) is 0. The summed E-state index contributed by atoms with van der Waals surface area (Å²) in [7, 11) is -3.77. The minimum Gasteiger partial charge on any atom is -0.295 e. The number of benzene rings is 1. The van der Waals surface area contributed by atoms with Crippen LogP contribution in [0.25, 0.3) is 0 Å². The lowest BCUT2D eigenvalue weighted by Crippen LogP contribution is -2.36. The van der Waals surface area contributed by atoms with E-state index in [1.54, 1.807) is 12.1 Å². The smallest absolute Gasteiger partial charge is 0.0616 e. The maximum atomic E-state index is 12.4. The van der Waals surface area contributed by atoms with Gasteiger partial charge in [-0.3, -0.25) is 4.55 Å². The summed E-state index contributed by atoms with van der Waals surface area (Å²) in [5.74, 6) is 0. The summed E-state index contributed by atoms with van der Waals surface area (Å²) in [6.45, 7) is 7.72. The highest BCUT2D eigenvalue weighted by Gasteiger charge is 2.33. The van der Waals surface area contributed by atoms with Gasteiger partial charge < -0.3 is 0 Å². The van der Waals surface area contributed by atoms with Gasteiger partial charge in [0.05, 0.1) is 4.90 Å². The van der Waals surface area contributed by atoms with Gasteiger partial charge in [0, 0.05) is 11.2 Å². The van der Waals surface area contributed by atoms with E-state index in [1.165, 1.54) is 6.26 Å². The zero-order valence-corrected chi connectivity index (χ0v) is 11.0. The van der Waals surface area contributed by atoms with Crippen LogP contribution in [-0.4, -0.2) is 15.0 Å². The lowest BCUT2D eigenvalue weighted by atomic mass is 10.1. The van der Waals surface area contributed by atoms with Gasteiger partial charge in [-0.2, -0.15) is 4.21 Å². The molecule has 1 aromatic carbocycles. The van der Waals surface area contributed by atoms with Crippen LogP contribution in [0.3, 0.4) is 0 Å². The summed E-state index contributed by atoms with van der Waals surface area (Å²) < 4.78 is 22.6. The van der Waals surface area contributed by atoms with Crippen LogP contribution in [-0.2, 0) is 15.8 Å². The van der Waals surface area contributed by atoms with Crippen molar-refractivity contribution in [3.05, 3.63) is 41.3 Å². The Morgan fingerprint density at radius 2 is 1.81 bits per heavy atom. The molecule has 90 valence electrons. The first kappa shape index (κ1) is 13.1. The second-order valence-electron chi connectivity index (χ2n) is 3.93. The zero-order valence-electron chi connectivity index (χ0n) is 10.2. The van der Waals surface area contributed by atoms with Gasteiger partial charge >= 0.3 is 0 Å². The average Bonchev–Trinajstić information content (AvgIpc) is 2.27. The van der Waals surface area contributed by atoms with Crippen molar-refractivity contribution in [2.45, 2.75) is 31.6 Å². The Morgan fingerprint density at radius 3 is 2.44 bits per heavy atom. The van der Waals surface area contributed by atoms with Crippen molar-refractivity contribution in [2.24, 2.45) is 0 Å². The Kier molecular flexibility index (Phi) is 3.41. The lowest BCUT2D eigenvalue weighted by Gasteiger charge is -2.45. The van der Waals surface area contributed by atoms with E-state index in [4.69, 9.17) is 0 Å². The lowest BCUT2D eigenvalue weighted by molar-refractivity contribution is 0.519. The van der Waals surface area contributed by atoms with Crippen LogP contribution < -0.4 is 0 Å². The van der Waals surface area contributed by atoms with Crippen molar-refractivity contribution in [1.29, 1.82) is 0 Å². The van der Waals surface area contributed by atoms with E-state index in [0.717, 1.165) is 12.0 Å². The monoisotopic (exact) mass is 240 g/mol. The molecule has 0 aromatic heterocycles. The summed E-state index contributed by atoms with van der Waals surface area (Å²) in [6.07, 6.45) is 2.82. The van der Waals surface area contributed by atoms with Crippen LogP contribution in [0, 0.1) is 0 Å². The number of allylic oxidation sites excluding steroid dienone is 1. The number of fused-ring (bicyclic) bond motifs is 1. The van der Waals surface area contributed by atoms with Gasteiger partial charge in [0.2, 0.25) is 0 Å². The third-order valence-electron chi connectivity index (χ3n) is 2.84. The zero-order chi connectivity index (χ0) is 12.4. The Morgan fingerprint density at radius 1 is 1.25 bits per heavy atom. The fraction of sp³-hybridized carbons (Fsp3) is 0.385. The Balaban J connectivity index is 0.000000606. The largest absolute Gasteiger partial charge is 0.295 e. The van der Waals surface area contributed by atoms with E-state index in [1.807, 2.05) is 26.0 Å². The maximum absolute atomic E-state index is 12.4. The van der Waals surface area contributed by atoms with Gasteiger partial charge in [-0.05, 0) is 24.5 Å². The third kappa shape index (κ3) is 1.97. The van der Waals surface area contributed by atoms with Crippen LogP contribution in [0.4, 0.5) is 0 Å². The van der Waals surface area contributed by atoms with E-state index >= 15 is 0 Å². The van der Waals surface area contributed by atoms with Crippen LogP contribution in [0.15, 0.2) is 40.6 Å².